The molecule has 2 aromatic rings. The van der Waals surface area contributed by atoms with Gasteiger partial charge in [0.25, 0.3) is 0 Å². The van der Waals surface area contributed by atoms with Crippen LogP contribution in [0.4, 0.5) is 15.9 Å². The largest absolute Gasteiger partial charge is 0.461 e. The smallest absolute Gasteiger partial charge is 0.318 e. The van der Waals surface area contributed by atoms with Crippen LogP contribution in [0.5, 0.6) is 6.01 Å². The number of piperidine rings is 1. The molecule has 7 rings (SSSR count). The van der Waals surface area contributed by atoms with Crippen molar-refractivity contribution in [2.45, 2.75) is 88.1 Å². The highest BCUT2D eigenvalue weighted by Crippen LogP contribution is 2.51. The van der Waals surface area contributed by atoms with Crippen LogP contribution >= 0.6 is 0 Å². The number of nitriles is 1. The lowest BCUT2D eigenvalue weighted by Gasteiger charge is -2.45. The highest BCUT2D eigenvalue weighted by atomic mass is 19.1. The van der Waals surface area contributed by atoms with Gasteiger partial charge in [-0.2, -0.15) is 15.2 Å². The molecule has 0 amide bonds. The molecule has 3 N–H and O–H groups in total. The van der Waals surface area contributed by atoms with Gasteiger partial charge >= 0.3 is 6.01 Å². The normalized spacial score (nSPS) is 32.3. The number of nitrogens with two attached hydrogens (primary N) is 1. The zero-order valence-electron chi connectivity index (χ0n) is 24.4. The maximum absolute atomic E-state index is 14.5. The second kappa shape index (κ2) is 10.6. The highest BCUT2D eigenvalue weighted by molar-refractivity contribution is 5.64. The number of hydrogen-bond donors (Lipinski definition) is 2. The quantitative estimate of drug-likeness (QED) is 0.510. The lowest BCUT2D eigenvalue weighted by atomic mass is 9.69. The number of aliphatic hydroxyl groups excluding tert-OH is 1. The number of anilines is 2. The van der Waals surface area contributed by atoms with Crippen LogP contribution in [0.1, 0.15) is 85.7 Å². The van der Waals surface area contributed by atoms with Crippen LogP contribution in [0.2, 0.25) is 0 Å². The fraction of sp³-hybridized carbons (Fsp3) is 0.656. The molecular weight excluding hydrogens is 535 g/mol. The second-order valence-electron chi connectivity index (χ2n) is 13.3. The van der Waals surface area contributed by atoms with Crippen molar-refractivity contribution in [2.75, 3.05) is 50.0 Å². The summed E-state index contributed by atoms with van der Waals surface area (Å²) >= 11 is 0. The average molecular weight is 577 g/mol. The minimum atomic E-state index is -0.829. The van der Waals surface area contributed by atoms with Crippen molar-refractivity contribution in [2.24, 2.45) is 5.92 Å². The summed E-state index contributed by atoms with van der Waals surface area (Å²) in [7, 11) is 0. The molecule has 1 aromatic heterocycles. The first-order chi connectivity index (χ1) is 20.3. The molecule has 42 heavy (non-hydrogen) atoms. The van der Waals surface area contributed by atoms with E-state index in [-0.39, 0.29) is 18.1 Å². The topological polar surface area (TPSA) is 121 Å². The number of rotatable bonds is 5. The van der Waals surface area contributed by atoms with E-state index in [2.05, 4.69) is 22.8 Å². The summed E-state index contributed by atoms with van der Waals surface area (Å²) in [5.41, 5.74) is 10.1. The number of benzene rings is 1. The fourth-order valence-corrected chi connectivity index (χ4v) is 8.41. The van der Waals surface area contributed by atoms with E-state index in [0.717, 1.165) is 79.8 Å². The Morgan fingerprint density at radius 1 is 1.21 bits per heavy atom. The molecule has 0 radical (unpaired) electrons. The third-order valence-electron chi connectivity index (χ3n) is 10.7. The molecule has 3 fully saturated rings. The van der Waals surface area contributed by atoms with Crippen LogP contribution in [0, 0.1) is 17.2 Å². The van der Waals surface area contributed by atoms with Crippen molar-refractivity contribution in [1.82, 2.24) is 14.9 Å². The van der Waals surface area contributed by atoms with Crippen molar-refractivity contribution in [3.63, 3.8) is 0 Å². The Morgan fingerprint density at radius 2 is 2.10 bits per heavy atom. The molecule has 0 bridgehead atoms. The standard InChI is InChI=1S/C32H41FN6O3/c1-20-7-9-32(28-23(20)5-6-26(35)24(28)14-34)13-27-25(18-42-32)29(38-10-2-4-21(15-38)17-40)37-30(36-27)41-19-31-8-3-11-39(31)16-22(33)12-31/h5-6,20-22,40H,2-4,7-13,15-19,35H2,1H3. The van der Waals surface area contributed by atoms with Gasteiger partial charge in [-0.25, -0.2) is 4.39 Å². The van der Waals surface area contributed by atoms with Crippen molar-refractivity contribution < 1.29 is 19.0 Å². The van der Waals surface area contributed by atoms with Crippen LogP contribution in [0.25, 0.3) is 0 Å². The van der Waals surface area contributed by atoms with Gasteiger partial charge in [0, 0.05) is 55.9 Å². The van der Waals surface area contributed by atoms with Gasteiger partial charge in [0.2, 0.25) is 0 Å². The van der Waals surface area contributed by atoms with Gasteiger partial charge in [0.05, 0.1) is 23.4 Å². The summed E-state index contributed by atoms with van der Waals surface area (Å²) in [4.78, 5) is 14.4. The molecule has 1 spiro atoms. The number of hydrogen-bond acceptors (Lipinski definition) is 9. The Kier molecular flexibility index (Phi) is 7.03. The SMILES string of the molecule is CC1CCC2(Cc3nc(OCC45CCCN4CC(F)C5)nc(N4CCCC(CO)C4)c3CO2)c2c1ccc(N)c2C#N. The van der Waals surface area contributed by atoms with Crippen LogP contribution in [-0.2, 0) is 23.4 Å². The van der Waals surface area contributed by atoms with Crippen LogP contribution in [0.3, 0.4) is 0 Å². The Labute approximate surface area is 246 Å². The van der Waals surface area contributed by atoms with E-state index in [1.807, 2.05) is 12.1 Å². The number of aliphatic hydroxyl groups is 1. The summed E-state index contributed by atoms with van der Waals surface area (Å²) in [6, 6.07) is 6.56. The van der Waals surface area contributed by atoms with E-state index in [1.54, 1.807) is 0 Å². The monoisotopic (exact) mass is 576 g/mol. The van der Waals surface area contributed by atoms with Gasteiger partial charge in [0.1, 0.15) is 30.3 Å². The molecule has 5 unspecified atom stereocenters. The molecule has 5 atom stereocenters. The lowest BCUT2D eigenvalue weighted by Crippen LogP contribution is -2.44. The molecule has 4 aliphatic heterocycles. The molecule has 3 saturated heterocycles. The average Bonchev–Trinajstić information content (AvgIpc) is 3.53. The van der Waals surface area contributed by atoms with E-state index in [1.165, 1.54) is 0 Å². The highest BCUT2D eigenvalue weighted by Gasteiger charge is 2.50. The van der Waals surface area contributed by atoms with Crippen molar-refractivity contribution in [1.29, 1.82) is 5.26 Å². The van der Waals surface area contributed by atoms with Gasteiger partial charge in [-0.05, 0) is 68.5 Å². The van der Waals surface area contributed by atoms with E-state index in [9.17, 15) is 14.8 Å². The number of nitrogen functional groups attached to an aromatic ring is 1. The van der Waals surface area contributed by atoms with Crippen LogP contribution in [-0.4, -0.2) is 71.1 Å². The molecule has 224 valence electrons. The third-order valence-corrected chi connectivity index (χ3v) is 10.7. The van der Waals surface area contributed by atoms with E-state index in [0.29, 0.717) is 62.3 Å². The minimum absolute atomic E-state index is 0.142. The Bertz CT molecular complexity index is 1420. The molecule has 1 aliphatic carbocycles. The number of halogens is 1. The summed E-state index contributed by atoms with van der Waals surface area (Å²) in [6.45, 7) is 5.93. The molecule has 1 aromatic carbocycles. The first-order valence-electron chi connectivity index (χ1n) is 15.6. The number of fused-ring (bicyclic) bond motifs is 4. The number of alkyl halides is 1. The first kappa shape index (κ1) is 27.8. The molecule has 5 heterocycles. The molecule has 9 nitrogen and oxygen atoms in total. The second-order valence-corrected chi connectivity index (χ2v) is 13.3. The predicted molar refractivity (Wildman–Crippen MR) is 156 cm³/mol. The molecule has 5 aliphatic rings. The molecule has 10 heteroatoms. The van der Waals surface area contributed by atoms with Gasteiger partial charge in [-0.3, -0.25) is 4.90 Å². The van der Waals surface area contributed by atoms with Gasteiger partial charge in [-0.15, -0.1) is 0 Å². The predicted octanol–water partition coefficient (Wildman–Crippen LogP) is 3.96. The lowest BCUT2D eigenvalue weighted by molar-refractivity contribution is -0.0873. The van der Waals surface area contributed by atoms with Gasteiger partial charge in [-0.1, -0.05) is 13.0 Å². The summed E-state index contributed by atoms with van der Waals surface area (Å²) < 4.78 is 27.6. The minimum Gasteiger partial charge on any atom is -0.461 e. The van der Waals surface area contributed by atoms with Crippen molar-refractivity contribution >= 4 is 11.5 Å². The number of nitrogens with zero attached hydrogens (tertiary/aromatic N) is 5. The third kappa shape index (κ3) is 4.52. The number of aromatic nitrogens is 2. The number of ether oxygens (including phenoxy) is 2. The van der Waals surface area contributed by atoms with Crippen molar-refractivity contribution in [3.05, 3.63) is 40.1 Å². The Balaban J connectivity index is 1.28. The zero-order valence-corrected chi connectivity index (χ0v) is 24.4. The maximum Gasteiger partial charge on any atom is 0.318 e. The Morgan fingerprint density at radius 3 is 2.93 bits per heavy atom. The van der Waals surface area contributed by atoms with Crippen LogP contribution in [0.15, 0.2) is 12.1 Å². The molecular formula is C32H41FN6O3. The van der Waals surface area contributed by atoms with Crippen molar-refractivity contribution in [3.8, 4) is 12.1 Å². The van der Waals surface area contributed by atoms with E-state index >= 15 is 0 Å². The zero-order chi connectivity index (χ0) is 29.1. The summed E-state index contributed by atoms with van der Waals surface area (Å²) in [5, 5.41) is 20.1. The van der Waals surface area contributed by atoms with Gasteiger partial charge in [0.15, 0.2) is 0 Å². The fourth-order valence-electron chi connectivity index (χ4n) is 8.41. The van der Waals surface area contributed by atoms with Gasteiger partial charge < -0.3 is 25.2 Å². The summed E-state index contributed by atoms with van der Waals surface area (Å²) in [5.74, 6) is 1.28. The summed E-state index contributed by atoms with van der Waals surface area (Å²) in [6.07, 6.45) is 5.77. The van der Waals surface area contributed by atoms with E-state index < -0.39 is 11.8 Å². The maximum atomic E-state index is 14.5. The van der Waals surface area contributed by atoms with Crippen LogP contribution < -0.4 is 15.4 Å². The first-order valence-corrected chi connectivity index (χ1v) is 15.6. The Hall–Kier alpha value is -3.00. The van der Waals surface area contributed by atoms with E-state index in [4.69, 9.17) is 25.2 Å². The molecule has 0 saturated carbocycles.